The summed E-state index contributed by atoms with van der Waals surface area (Å²) in [5.41, 5.74) is -0.838. The van der Waals surface area contributed by atoms with E-state index in [1.165, 1.54) is 18.9 Å². The predicted molar refractivity (Wildman–Crippen MR) is 87.7 cm³/mol. The first-order valence-corrected chi connectivity index (χ1v) is 8.57. The molecule has 0 bridgehead atoms. The number of ether oxygens (including phenoxy) is 1. The van der Waals surface area contributed by atoms with Crippen LogP contribution < -0.4 is 5.32 Å². The lowest BCUT2D eigenvalue weighted by molar-refractivity contribution is -0.152. The normalized spacial score (nSPS) is 18.3. The second-order valence-electron chi connectivity index (χ2n) is 5.70. The van der Waals surface area contributed by atoms with Crippen molar-refractivity contribution < 1.29 is 14.3 Å². The smallest absolute Gasteiger partial charge is 0.331 e. The molecule has 2 rings (SSSR count). The fourth-order valence-corrected chi connectivity index (χ4v) is 3.71. The first kappa shape index (κ1) is 16.9. The quantitative estimate of drug-likeness (QED) is 0.668. The van der Waals surface area contributed by atoms with Gasteiger partial charge in [0.2, 0.25) is 5.91 Å². The van der Waals surface area contributed by atoms with Crippen LogP contribution in [0.15, 0.2) is 35.2 Å². The Morgan fingerprint density at radius 2 is 1.82 bits per heavy atom. The SMILES string of the molecule is COC(=O)C1(NC(=O)[C@H](C)Sc2ccccc2)CCCCC1. The molecule has 1 aromatic carbocycles. The third-order valence-corrected chi connectivity index (χ3v) is 5.18. The molecule has 0 aliphatic heterocycles. The molecule has 0 saturated heterocycles. The van der Waals surface area contributed by atoms with Gasteiger partial charge in [0.15, 0.2) is 0 Å². The summed E-state index contributed by atoms with van der Waals surface area (Å²) in [6.07, 6.45) is 4.30. The Labute approximate surface area is 136 Å². The van der Waals surface area contributed by atoms with Crippen LogP contribution in [0, 0.1) is 0 Å². The van der Waals surface area contributed by atoms with Crippen molar-refractivity contribution in [3.63, 3.8) is 0 Å². The van der Waals surface area contributed by atoms with Gasteiger partial charge >= 0.3 is 5.97 Å². The summed E-state index contributed by atoms with van der Waals surface area (Å²) >= 11 is 1.49. The van der Waals surface area contributed by atoms with E-state index < -0.39 is 5.54 Å². The van der Waals surface area contributed by atoms with Crippen LogP contribution in [0.4, 0.5) is 0 Å². The number of esters is 1. The molecule has 22 heavy (non-hydrogen) atoms. The zero-order chi connectivity index (χ0) is 16.0. The molecule has 1 aliphatic carbocycles. The molecule has 0 radical (unpaired) electrons. The Morgan fingerprint density at radius 3 is 2.41 bits per heavy atom. The maximum Gasteiger partial charge on any atom is 0.331 e. The van der Waals surface area contributed by atoms with Crippen LogP contribution >= 0.6 is 11.8 Å². The summed E-state index contributed by atoms with van der Waals surface area (Å²) in [5.74, 6) is -0.432. The van der Waals surface area contributed by atoms with Crippen molar-refractivity contribution >= 4 is 23.6 Å². The second kappa shape index (κ2) is 7.68. The highest BCUT2D eigenvalue weighted by atomic mass is 32.2. The van der Waals surface area contributed by atoms with Crippen LogP contribution in [0.3, 0.4) is 0 Å². The van der Waals surface area contributed by atoms with Gasteiger partial charge in [0, 0.05) is 4.90 Å². The average Bonchev–Trinajstić information content (AvgIpc) is 2.55. The Morgan fingerprint density at radius 1 is 1.18 bits per heavy atom. The van der Waals surface area contributed by atoms with E-state index in [0.717, 1.165) is 24.2 Å². The van der Waals surface area contributed by atoms with Crippen molar-refractivity contribution in [2.75, 3.05) is 7.11 Å². The van der Waals surface area contributed by atoms with E-state index in [4.69, 9.17) is 4.74 Å². The first-order chi connectivity index (χ1) is 10.6. The number of rotatable bonds is 5. The van der Waals surface area contributed by atoms with Crippen LogP contribution in [-0.4, -0.2) is 29.8 Å². The molecule has 5 heteroatoms. The largest absolute Gasteiger partial charge is 0.467 e. The molecule has 4 nitrogen and oxygen atoms in total. The minimum absolute atomic E-state index is 0.110. The molecule has 1 saturated carbocycles. The number of thioether (sulfide) groups is 1. The first-order valence-electron chi connectivity index (χ1n) is 7.69. The van der Waals surface area contributed by atoms with E-state index >= 15 is 0 Å². The van der Waals surface area contributed by atoms with Crippen LogP contribution in [0.1, 0.15) is 39.0 Å². The molecule has 0 spiro atoms. The standard InChI is InChI=1S/C17H23NO3S/c1-13(22-14-9-5-3-6-10-14)15(19)18-17(16(20)21-2)11-7-4-8-12-17/h3,5-6,9-10,13H,4,7-8,11-12H2,1-2H3,(H,18,19)/t13-/m0/s1. The highest BCUT2D eigenvalue weighted by Crippen LogP contribution is 2.30. The summed E-state index contributed by atoms with van der Waals surface area (Å²) in [5, 5.41) is 2.71. The highest BCUT2D eigenvalue weighted by molar-refractivity contribution is 8.00. The van der Waals surface area contributed by atoms with E-state index in [0.29, 0.717) is 12.8 Å². The van der Waals surface area contributed by atoms with Gasteiger partial charge in [0.1, 0.15) is 5.54 Å². The number of carbonyl (C=O) groups is 2. The van der Waals surface area contributed by atoms with Crippen LogP contribution in [0.5, 0.6) is 0 Å². The Balaban J connectivity index is 2.02. The van der Waals surface area contributed by atoms with Crippen molar-refractivity contribution in [2.24, 2.45) is 0 Å². The van der Waals surface area contributed by atoms with Crippen molar-refractivity contribution in [3.05, 3.63) is 30.3 Å². The van der Waals surface area contributed by atoms with Gasteiger partial charge < -0.3 is 10.1 Å². The monoisotopic (exact) mass is 321 g/mol. The van der Waals surface area contributed by atoms with Crippen molar-refractivity contribution in [2.45, 2.75) is 54.7 Å². The van der Waals surface area contributed by atoms with Crippen molar-refractivity contribution in [1.29, 1.82) is 0 Å². The van der Waals surface area contributed by atoms with Crippen LogP contribution in [0.25, 0.3) is 0 Å². The molecular formula is C17H23NO3S. The van der Waals surface area contributed by atoms with Gasteiger partial charge in [-0.25, -0.2) is 4.79 Å². The Hall–Kier alpha value is -1.49. The molecule has 0 unspecified atom stereocenters. The minimum Gasteiger partial charge on any atom is -0.467 e. The number of carbonyl (C=O) groups excluding carboxylic acids is 2. The predicted octanol–water partition coefficient (Wildman–Crippen LogP) is 3.16. The summed E-state index contributed by atoms with van der Waals surface area (Å²) in [6.45, 7) is 1.86. The Kier molecular flexibility index (Phi) is 5.89. The van der Waals surface area contributed by atoms with Gasteiger partial charge in [0.05, 0.1) is 12.4 Å². The second-order valence-corrected chi connectivity index (χ2v) is 7.11. The van der Waals surface area contributed by atoms with E-state index in [2.05, 4.69) is 5.32 Å². The van der Waals surface area contributed by atoms with Gasteiger partial charge in [-0.05, 0) is 31.9 Å². The fraction of sp³-hybridized carbons (Fsp3) is 0.529. The van der Waals surface area contributed by atoms with Gasteiger partial charge in [-0.2, -0.15) is 0 Å². The van der Waals surface area contributed by atoms with Gasteiger partial charge in [-0.15, -0.1) is 11.8 Å². The average molecular weight is 321 g/mol. The van der Waals surface area contributed by atoms with E-state index in [-0.39, 0.29) is 17.1 Å². The number of amides is 1. The third kappa shape index (κ3) is 4.03. The third-order valence-electron chi connectivity index (χ3n) is 4.07. The summed E-state index contributed by atoms with van der Waals surface area (Å²) in [7, 11) is 1.38. The highest BCUT2D eigenvalue weighted by Gasteiger charge is 2.42. The molecule has 120 valence electrons. The molecule has 1 amide bonds. The number of benzene rings is 1. The van der Waals surface area contributed by atoms with Gasteiger partial charge in [0.25, 0.3) is 0 Å². The van der Waals surface area contributed by atoms with Crippen molar-refractivity contribution in [1.82, 2.24) is 5.32 Å². The zero-order valence-corrected chi connectivity index (χ0v) is 13.9. The molecule has 1 fully saturated rings. The Bertz CT molecular complexity index is 512. The number of methoxy groups -OCH3 is 1. The molecule has 0 heterocycles. The van der Waals surface area contributed by atoms with E-state index in [9.17, 15) is 9.59 Å². The number of hydrogen-bond donors (Lipinski definition) is 1. The maximum absolute atomic E-state index is 12.5. The summed E-state index contributed by atoms with van der Waals surface area (Å²) < 4.78 is 4.93. The lowest BCUT2D eigenvalue weighted by Crippen LogP contribution is -2.57. The van der Waals surface area contributed by atoms with Crippen LogP contribution in [0.2, 0.25) is 0 Å². The van der Waals surface area contributed by atoms with Gasteiger partial charge in [-0.1, -0.05) is 37.5 Å². The summed E-state index contributed by atoms with van der Waals surface area (Å²) in [4.78, 5) is 25.7. The molecular weight excluding hydrogens is 298 g/mol. The molecule has 1 N–H and O–H groups in total. The molecule has 1 atom stereocenters. The van der Waals surface area contributed by atoms with Gasteiger partial charge in [-0.3, -0.25) is 4.79 Å². The van der Waals surface area contributed by atoms with Crippen LogP contribution in [-0.2, 0) is 14.3 Å². The maximum atomic E-state index is 12.5. The topological polar surface area (TPSA) is 55.4 Å². The minimum atomic E-state index is -0.838. The van der Waals surface area contributed by atoms with E-state index in [1.54, 1.807) is 0 Å². The molecule has 0 aromatic heterocycles. The lowest BCUT2D eigenvalue weighted by Gasteiger charge is -2.35. The number of nitrogens with one attached hydrogen (secondary N) is 1. The van der Waals surface area contributed by atoms with Crippen molar-refractivity contribution in [3.8, 4) is 0 Å². The van der Waals surface area contributed by atoms with E-state index in [1.807, 2.05) is 37.3 Å². The number of hydrogen-bond acceptors (Lipinski definition) is 4. The zero-order valence-electron chi connectivity index (χ0n) is 13.1. The molecule has 1 aromatic rings. The fourth-order valence-electron chi connectivity index (χ4n) is 2.83. The molecule has 1 aliphatic rings. The summed E-state index contributed by atoms with van der Waals surface area (Å²) in [6, 6.07) is 9.80. The lowest BCUT2D eigenvalue weighted by atomic mass is 9.81.